The lowest BCUT2D eigenvalue weighted by Gasteiger charge is -2.31. The zero-order chi connectivity index (χ0) is 18.2. The molecule has 7 nitrogen and oxygen atoms in total. The van der Waals surface area contributed by atoms with E-state index >= 15 is 0 Å². The maximum Gasteiger partial charge on any atom is 0.243 e. The molecule has 146 valence electrons. The van der Waals surface area contributed by atoms with Crippen molar-refractivity contribution in [2.45, 2.75) is 25.8 Å². The van der Waals surface area contributed by atoms with E-state index in [1.165, 1.54) is 0 Å². The summed E-state index contributed by atoms with van der Waals surface area (Å²) in [7, 11) is 3.50. The summed E-state index contributed by atoms with van der Waals surface area (Å²) < 4.78 is 5.23. The monoisotopic (exact) mass is 384 g/mol. The highest BCUT2D eigenvalue weighted by Gasteiger charge is 2.20. The van der Waals surface area contributed by atoms with E-state index in [1.807, 2.05) is 26.1 Å². The van der Waals surface area contributed by atoms with Gasteiger partial charge in [-0.1, -0.05) is 6.07 Å². The summed E-state index contributed by atoms with van der Waals surface area (Å²) in [6.45, 7) is 3.97. The van der Waals surface area contributed by atoms with E-state index in [4.69, 9.17) is 4.74 Å². The number of carbonyl (C=O) groups is 2. The minimum Gasteiger partial charge on any atom is -0.495 e. The number of halogens is 1. The molecule has 1 fully saturated rings. The maximum absolute atomic E-state index is 12.1. The van der Waals surface area contributed by atoms with Gasteiger partial charge in [-0.25, -0.2) is 0 Å². The SMILES string of the molecule is CNC1CCCN(CC(=O)NCC(=O)Nc2cc(C)ccc2OC)C1.Cl. The van der Waals surface area contributed by atoms with Crippen LogP contribution in [-0.4, -0.2) is 63.1 Å². The number of rotatable bonds is 7. The van der Waals surface area contributed by atoms with Gasteiger partial charge in [0.1, 0.15) is 5.75 Å². The fourth-order valence-electron chi connectivity index (χ4n) is 2.99. The van der Waals surface area contributed by atoms with Crippen LogP contribution < -0.4 is 20.7 Å². The van der Waals surface area contributed by atoms with Crippen LogP contribution in [0.1, 0.15) is 18.4 Å². The predicted molar refractivity (Wildman–Crippen MR) is 105 cm³/mol. The Hall–Kier alpha value is -1.83. The molecule has 1 aromatic carbocycles. The van der Waals surface area contributed by atoms with Crippen LogP contribution in [0, 0.1) is 6.92 Å². The van der Waals surface area contributed by atoms with E-state index in [0.717, 1.165) is 31.5 Å². The van der Waals surface area contributed by atoms with E-state index in [0.29, 0.717) is 24.0 Å². The van der Waals surface area contributed by atoms with Gasteiger partial charge >= 0.3 is 0 Å². The number of nitrogens with one attached hydrogen (secondary N) is 3. The summed E-state index contributed by atoms with van der Waals surface area (Å²) in [6.07, 6.45) is 2.21. The molecule has 1 aromatic rings. The number of anilines is 1. The van der Waals surface area contributed by atoms with E-state index in [1.54, 1.807) is 13.2 Å². The number of hydrogen-bond acceptors (Lipinski definition) is 5. The van der Waals surface area contributed by atoms with Crippen LogP contribution in [0.4, 0.5) is 5.69 Å². The van der Waals surface area contributed by atoms with Crippen molar-refractivity contribution in [1.29, 1.82) is 0 Å². The van der Waals surface area contributed by atoms with Gasteiger partial charge in [-0.15, -0.1) is 12.4 Å². The smallest absolute Gasteiger partial charge is 0.243 e. The number of carbonyl (C=O) groups excluding carboxylic acids is 2. The topological polar surface area (TPSA) is 82.7 Å². The number of ether oxygens (including phenoxy) is 1. The van der Waals surface area contributed by atoms with Crippen LogP contribution in [-0.2, 0) is 9.59 Å². The predicted octanol–water partition coefficient (Wildman–Crippen LogP) is 1.16. The quantitative estimate of drug-likeness (QED) is 0.657. The second-order valence-electron chi connectivity index (χ2n) is 6.39. The number of nitrogens with zero attached hydrogens (tertiary/aromatic N) is 1. The molecule has 3 N–H and O–H groups in total. The molecule has 0 radical (unpaired) electrons. The number of likely N-dealkylation sites (tertiary alicyclic amines) is 1. The number of hydrogen-bond donors (Lipinski definition) is 3. The van der Waals surface area contributed by atoms with Gasteiger partial charge in [0, 0.05) is 12.6 Å². The van der Waals surface area contributed by atoms with Crippen LogP contribution in [0.15, 0.2) is 18.2 Å². The van der Waals surface area contributed by atoms with Crippen molar-refractivity contribution in [1.82, 2.24) is 15.5 Å². The summed E-state index contributed by atoms with van der Waals surface area (Å²) in [5, 5.41) is 8.71. The average Bonchev–Trinajstić information content (AvgIpc) is 2.60. The molecule has 2 rings (SSSR count). The number of amides is 2. The lowest BCUT2D eigenvalue weighted by Crippen LogP contribution is -2.48. The Labute approximate surface area is 161 Å². The zero-order valence-electron chi connectivity index (χ0n) is 15.6. The molecule has 1 atom stereocenters. The van der Waals surface area contributed by atoms with Crippen molar-refractivity contribution < 1.29 is 14.3 Å². The van der Waals surface area contributed by atoms with Gasteiger partial charge in [0.15, 0.2) is 0 Å². The summed E-state index contributed by atoms with van der Waals surface area (Å²) in [5.74, 6) is 0.184. The number of aryl methyl sites for hydroxylation is 1. The fourth-order valence-corrected chi connectivity index (χ4v) is 2.99. The van der Waals surface area contributed by atoms with E-state index < -0.39 is 0 Å². The van der Waals surface area contributed by atoms with Crippen LogP contribution in [0.2, 0.25) is 0 Å². The molecule has 0 saturated carbocycles. The van der Waals surface area contributed by atoms with Gasteiger partial charge in [0.05, 0.1) is 25.9 Å². The van der Waals surface area contributed by atoms with Gasteiger partial charge in [-0.2, -0.15) is 0 Å². The van der Waals surface area contributed by atoms with E-state index in [2.05, 4.69) is 20.9 Å². The molecule has 0 spiro atoms. The lowest BCUT2D eigenvalue weighted by atomic mass is 10.1. The molecule has 26 heavy (non-hydrogen) atoms. The number of likely N-dealkylation sites (N-methyl/N-ethyl adjacent to an activating group) is 1. The van der Waals surface area contributed by atoms with Gasteiger partial charge in [-0.05, 0) is 51.1 Å². The van der Waals surface area contributed by atoms with Crippen LogP contribution in [0.3, 0.4) is 0 Å². The van der Waals surface area contributed by atoms with Gasteiger partial charge in [0.25, 0.3) is 0 Å². The number of methoxy groups -OCH3 is 1. The number of piperidine rings is 1. The summed E-state index contributed by atoms with van der Waals surface area (Å²) in [6, 6.07) is 5.98. The van der Waals surface area contributed by atoms with Crippen molar-refractivity contribution in [2.75, 3.05) is 45.7 Å². The second-order valence-corrected chi connectivity index (χ2v) is 6.39. The standard InChI is InChI=1S/C18H28N4O3.ClH/c1-13-6-7-16(25-3)15(9-13)21-17(23)10-20-18(24)12-22-8-4-5-14(11-22)19-2;/h6-7,9,14,19H,4-5,8,10-12H2,1-3H3,(H,20,24)(H,21,23);1H. The molecule has 0 bridgehead atoms. The number of benzene rings is 1. The Kier molecular flexibility index (Phi) is 9.40. The fraction of sp³-hybridized carbons (Fsp3) is 0.556. The molecule has 0 aromatic heterocycles. The van der Waals surface area contributed by atoms with E-state index in [-0.39, 0.29) is 30.8 Å². The van der Waals surface area contributed by atoms with Gasteiger partial charge in [-0.3, -0.25) is 14.5 Å². The van der Waals surface area contributed by atoms with Crippen molar-refractivity contribution in [3.63, 3.8) is 0 Å². The van der Waals surface area contributed by atoms with Crippen LogP contribution >= 0.6 is 12.4 Å². The molecule has 8 heteroatoms. The van der Waals surface area contributed by atoms with Crippen molar-refractivity contribution in [3.05, 3.63) is 23.8 Å². The van der Waals surface area contributed by atoms with Gasteiger partial charge < -0.3 is 20.7 Å². The summed E-state index contributed by atoms with van der Waals surface area (Å²) in [4.78, 5) is 26.3. The summed E-state index contributed by atoms with van der Waals surface area (Å²) >= 11 is 0. The van der Waals surface area contributed by atoms with E-state index in [9.17, 15) is 9.59 Å². The van der Waals surface area contributed by atoms with Crippen molar-refractivity contribution in [2.24, 2.45) is 0 Å². The van der Waals surface area contributed by atoms with Crippen LogP contribution in [0.5, 0.6) is 5.75 Å². The van der Waals surface area contributed by atoms with Crippen LogP contribution in [0.25, 0.3) is 0 Å². The molecule has 1 saturated heterocycles. The van der Waals surface area contributed by atoms with Crippen molar-refractivity contribution >= 4 is 29.9 Å². The normalized spacial score (nSPS) is 17.1. The molecular formula is C18H29ClN4O3. The average molecular weight is 385 g/mol. The maximum atomic E-state index is 12.1. The molecular weight excluding hydrogens is 356 g/mol. The highest BCUT2D eigenvalue weighted by molar-refractivity contribution is 5.96. The first-order chi connectivity index (χ1) is 12.0. The Morgan fingerprint density at radius 3 is 2.77 bits per heavy atom. The van der Waals surface area contributed by atoms with Crippen molar-refractivity contribution in [3.8, 4) is 5.75 Å². The minimum absolute atomic E-state index is 0. The van der Waals surface area contributed by atoms with Gasteiger partial charge in [0.2, 0.25) is 11.8 Å². The second kappa shape index (κ2) is 11.0. The largest absolute Gasteiger partial charge is 0.495 e. The third-order valence-corrected chi connectivity index (χ3v) is 4.36. The first-order valence-corrected chi connectivity index (χ1v) is 8.62. The third-order valence-electron chi connectivity index (χ3n) is 4.36. The first-order valence-electron chi connectivity index (χ1n) is 8.62. The molecule has 1 heterocycles. The highest BCUT2D eigenvalue weighted by atomic mass is 35.5. The lowest BCUT2D eigenvalue weighted by molar-refractivity contribution is -0.125. The Morgan fingerprint density at radius 1 is 1.31 bits per heavy atom. The molecule has 1 aliphatic heterocycles. The molecule has 2 amide bonds. The first kappa shape index (κ1) is 22.2. The minimum atomic E-state index is -0.274. The molecule has 1 aliphatic rings. The third kappa shape index (κ3) is 6.82. The Balaban J connectivity index is 0.00000338. The highest BCUT2D eigenvalue weighted by Crippen LogP contribution is 2.24. The summed E-state index contributed by atoms with van der Waals surface area (Å²) in [5.41, 5.74) is 1.62. The zero-order valence-corrected chi connectivity index (χ0v) is 16.4. The Morgan fingerprint density at radius 2 is 2.08 bits per heavy atom. The molecule has 1 unspecified atom stereocenters. The Bertz CT molecular complexity index is 612. The molecule has 0 aliphatic carbocycles.